The molecule has 0 bridgehead atoms. The molecule has 2 N–H and O–H groups in total. The van der Waals surface area contributed by atoms with Crippen LogP contribution in [0.5, 0.6) is 0 Å². The Morgan fingerprint density at radius 1 is 1.47 bits per heavy atom. The number of morpholine rings is 1. The first kappa shape index (κ1) is 12.9. The molecule has 3 nitrogen and oxygen atoms in total. The summed E-state index contributed by atoms with van der Waals surface area (Å²) in [6.07, 6.45) is 0. The van der Waals surface area contributed by atoms with Crippen molar-refractivity contribution in [1.82, 2.24) is 0 Å². The van der Waals surface area contributed by atoms with Gasteiger partial charge in [0.2, 0.25) is 0 Å². The van der Waals surface area contributed by atoms with Crippen molar-refractivity contribution in [3.63, 3.8) is 0 Å². The second kappa shape index (κ2) is 4.96. The summed E-state index contributed by atoms with van der Waals surface area (Å²) in [6.45, 7) is 7.39. The molecule has 17 heavy (non-hydrogen) atoms. The molecule has 1 aliphatic heterocycles. The number of hydrogen-bond donors (Lipinski definition) is 1. The third-order valence-electron chi connectivity index (χ3n) is 3.06. The Bertz CT molecular complexity index is 406. The van der Waals surface area contributed by atoms with E-state index in [4.69, 9.17) is 10.5 Å². The van der Waals surface area contributed by atoms with E-state index in [9.17, 15) is 0 Å². The number of hydrogen-bond acceptors (Lipinski definition) is 3. The average Bonchev–Trinajstić information content (AvgIpc) is 2.27. The van der Waals surface area contributed by atoms with Gasteiger partial charge in [-0.15, -0.1) is 0 Å². The zero-order valence-corrected chi connectivity index (χ0v) is 12.0. The van der Waals surface area contributed by atoms with Crippen molar-refractivity contribution in [3.05, 3.63) is 28.2 Å². The molecule has 0 amide bonds. The van der Waals surface area contributed by atoms with Gasteiger partial charge >= 0.3 is 0 Å². The predicted molar refractivity (Wildman–Crippen MR) is 74.3 cm³/mol. The minimum absolute atomic E-state index is 0.0908. The van der Waals surface area contributed by atoms with Gasteiger partial charge in [0, 0.05) is 35.4 Å². The zero-order chi connectivity index (χ0) is 12.5. The summed E-state index contributed by atoms with van der Waals surface area (Å²) in [4.78, 5) is 2.36. The monoisotopic (exact) mass is 298 g/mol. The Morgan fingerprint density at radius 2 is 2.24 bits per heavy atom. The predicted octanol–water partition coefficient (Wildman–Crippen LogP) is 2.52. The van der Waals surface area contributed by atoms with E-state index in [1.54, 1.807) is 0 Å². The van der Waals surface area contributed by atoms with Crippen molar-refractivity contribution >= 4 is 21.6 Å². The van der Waals surface area contributed by atoms with Crippen LogP contribution in [-0.2, 0) is 11.3 Å². The van der Waals surface area contributed by atoms with Gasteiger partial charge < -0.3 is 15.4 Å². The van der Waals surface area contributed by atoms with Crippen molar-refractivity contribution in [2.24, 2.45) is 5.73 Å². The van der Waals surface area contributed by atoms with Gasteiger partial charge in [-0.2, -0.15) is 0 Å². The lowest BCUT2D eigenvalue weighted by atomic mass is 10.1. The molecule has 0 saturated carbocycles. The van der Waals surface area contributed by atoms with Gasteiger partial charge in [0.05, 0.1) is 12.2 Å². The van der Waals surface area contributed by atoms with E-state index < -0.39 is 0 Å². The van der Waals surface area contributed by atoms with Crippen LogP contribution in [0.1, 0.15) is 19.4 Å². The average molecular weight is 299 g/mol. The highest BCUT2D eigenvalue weighted by atomic mass is 79.9. The summed E-state index contributed by atoms with van der Waals surface area (Å²) in [6, 6.07) is 6.23. The van der Waals surface area contributed by atoms with Gasteiger partial charge in [-0.3, -0.25) is 0 Å². The molecule has 1 aromatic rings. The van der Waals surface area contributed by atoms with Crippen molar-refractivity contribution < 1.29 is 4.74 Å². The van der Waals surface area contributed by atoms with Crippen molar-refractivity contribution in [3.8, 4) is 0 Å². The fraction of sp³-hybridized carbons (Fsp3) is 0.538. The minimum atomic E-state index is -0.0908. The van der Waals surface area contributed by atoms with Gasteiger partial charge in [-0.1, -0.05) is 22.0 Å². The maximum absolute atomic E-state index is 5.84. The summed E-state index contributed by atoms with van der Waals surface area (Å²) in [5.41, 5.74) is 8.14. The number of halogens is 1. The number of rotatable bonds is 2. The SMILES string of the molecule is CC1(C)CN(c2cccc(Br)c2CN)CCO1. The van der Waals surface area contributed by atoms with Gasteiger partial charge in [0.15, 0.2) is 0 Å². The van der Waals surface area contributed by atoms with Crippen LogP contribution in [-0.4, -0.2) is 25.3 Å². The maximum atomic E-state index is 5.84. The molecule has 2 rings (SSSR count). The number of benzene rings is 1. The van der Waals surface area contributed by atoms with Gasteiger partial charge in [-0.05, 0) is 26.0 Å². The quantitative estimate of drug-likeness (QED) is 0.912. The first-order chi connectivity index (χ1) is 8.03. The standard InChI is InChI=1S/C13H19BrN2O/c1-13(2)9-16(6-7-17-13)12-5-3-4-11(14)10(12)8-15/h3-5H,6-9,15H2,1-2H3. The molecule has 0 radical (unpaired) electrons. The summed E-state index contributed by atoms with van der Waals surface area (Å²) in [5.74, 6) is 0. The van der Waals surface area contributed by atoms with Crippen LogP contribution in [0.25, 0.3) is 0 Å². The van der Waals surface area contributed by atoms with E-state index in [1.807, 2.05) is 6.07 Å². The molecule has 1 fully saturated rings. The largest absolute Gasteiger partial charge is 0.372 e. The van der Waals surface area contributed by atoms with Gasteiger partial charge in [-0.25, -0.2) is 0 Å². The van der Waals surface area contributed by atoms with E-state index in [1.165, 1.54) is 11.3 Å². The van der Waals surface area contributed by atoms with Gasteiger partial charge in [0.25, 0.3) is 0 Å². The van der Waals surface area contributed by atoms with Crippen LogP contribution < -0.4 is 10.6 Å². The van der Waals surface area contributed by atoms with E-state index >= 15 is 0 Å². The molecular weight excluding hydrogens is 280 g/mol. The number of ether oxygens (including phenoxy) is 1. The Kier molecular flexibility index (Phi) is 3.76. The van der Waals surface area contributed by atoms with Crippen molar-refractivity contribution in [2.75, 3.05) is 24.6 Å². The Morgan fingerprint density at radius 3 is 2.88 bits per heavy atom. The fourth-order valence-electron chi connectivity index (χ4n) is 2.27. The van der Waals surface area contributed by atoms with E-state index in [0.717, 1.165) is 24.2 Å². The first-order valence-electron chi connectivity index (χ1n) is 5.90. The lowest BCUT2D eigenvalue weighted by Gasteiger charge is -2.40. The fourth-order valence-corrected chi connectivity index (χ4v) is 2.79. The highest BCUT2D eigenvalue weighted by molar-refractivity contribution is 9.10. The van der Waals surface area contributed by atoms with E-state index in [0.29, 0.717) is 6.54 Å². The van der Waals surface area contributed by atoms with Gasteiger partial charge in [0.1, 0.15) is 0 Å². The van der Waals surface area contributed by atoms with Crippen LogP contribution >= 0.6 is 15.9 Å². The van der Waals surface area contributed by atoms with Crippen molar-refractivity contribution in [2.45, 2.75) is 26.0 Å². The van der Waals surface area contributed by atoms with Crippen LogP contribution in [0.2, 0.25) is 0 Å². The van der Waals surface area contributed by atoms with E-state index in [2.05, 4.69) is 46.8 Å². The van der Waals surface area contributed by atoms with E-state index in [-0.39, 0.29) is 5.60 Å². The highest BCUT2D eigenvalue weighted by Crippen LogP contribution is 2.30. The molecule has 94 valence electrons. The summed E-state index contributed by atoms with van der Waals surface area (Å²) < 4.78 is 6.82. The number of anilines is 1. The Hall–Kier alpha value is -0.580. The molecule has 1 aromatic carbocycles. The lowest BCUT2D eigenvalue weighted by Crippen LogP contribution is -2.48. The Labute approximate surface area is 111 Å². The normalized spacial score (nSPS) is 19.4. The Balaban J connectivity index is 2.30. The maximum Gasteiger partial charge on any atom is 0.0801 e. The molecule has 4 heteroatoms. The molecule has 0 unspecified atom stereocenters. The van der Waals surface area contributed by atoms with Crippen LogP contribution in [0.15, 0.2) is 22.7 Å². The zero-order valence-electron chi connectivity index (χ0n) is 10.4. The molecule has 0 aromatic heterocycles. The first-order valence-corrected chi connectivity index (χ1v) is 6.69. The second-order valence-corrected chi connectivity index (χ2v) is 5.83. The second-order valence-electron chi connectivity index (χ2n) is 4.97. The molecule has 0 aliphatic carbocycles. The number of nitrogens with two attached hydrogens (primary N) is 1. The minimum Gasteiger partial charge on any atom is -0.372 e. The van der Waals surface area contributed by atoms with Crippen LogP contribution in [0.3, 0.4) is 0 Å². The topological polar surface area (TPSA) is 38.5 Å². The summed E-state index contributed by atoms with van der Waals surface area (Å²) >= 11 is 3.56. The smallest absolute Gasteiger partial charge is 0.0801 e. The third-order valence-corrected chi connectivity index (χ3v) is 3.81. The molecular formula is C13H19BrN2O. The van der Waals surface area contributed by atoms with Crippen LogP contribution in [0.4, 0.5) is 5.69 Å². The lowest BCUT2D eigenvalue weighted by molar-refractivity contribution is -0.0277. The molecule has 0 atom stereocenters. The number of nitrogens with zero attached hydrogens (tertiary/aromatic N) is 1. The molecule has 1 aliphatic rings. The summed E-state index contributed by atoms with van der Waals surface area (Å²) in [5, 5.41) is 0. The summed E-state index contributed by atoms with van der Waals surface area (Å²) in [7, 11) is 0. The molecule has 1 saturated heterocycles. The van der Waals surface area contributed by atoms with Crippen molar-refractivity contribution in [1.29, 1.82) is 0 Å². The highest BCUT2D eigenvalue weighted by Gasteiger charge is 2.28. The van der Waals surface area contributed by atoms with Crippen LogP contribution in [0, 0.1) is 0 Å². The third kappa shape index (κ3) is 2.81. The molecule has 1 heterocycles. The molecule has 0 spiro atoms.